The van der Waals surface area contributed by atoms with Crippen LogP contribution in [0.4, 0.5) is 5.82 Å². The Hall–Kier alpha value is -3.73. The summed E-state index contributed by atoms with van der Waals surface area (Å²) in [7, 11) is 1.92. The maximum absolute atomic E-state index is 12.8. The molecule has 6 rings (SSSR count). The quantitative estimate of drug-likeness (QED) is 0.515. The molecule has 36 heavy (non-hydrogen) atoms. The van der Waals surface area contributed by atoms with E-state index in [0.29, 0.717) is 0 Å². The molecule has 1 saturated heterocycles. The lowest BCUT2D eigenvalue weighted by Gasteiger charge is -2.44. The molecule has 1 aliphatic heterocycles. The van der Waals surface area contributed by atoms with Gasteiger partial charge in [-0.3, -0.25) is 9.25 Å². The number of imidazole rings is 1. The second-order valence-electron chi connectivity index (χ2n) is 10.6. The minimum atomic E-state index is -0.480. The number of fused-ring (bicyclic) bond motifs is 3. The second kappa shape index (κ2) is 8.44. The van der Waals surface area contributed by atoms with E-state index in [-0.39, 0.29) is 23.3 Å². The van der Waals surface area contributed by atoms with Crippen LogP contribution in [0.1, 0.15) is 50.9 Å². The molecular formula is C28H31N7O. The van der Waals surface area contributed by atoms with Gasteiger partial charge in [-0.15, -0.1) is 0 Å². The van der Waals surface area contributed by atoms with Crippen LogP contribution in [0.15, 0.2) is 42.5 Å². The predicted molar refractivity (Wildman–Crippen MR) is 138 cm³/mol. The molecule has 0 saturated carbocycles. The molecule has 0 aromatic carbocycles. The fourth-order valence-electron chi connectivity index (χ4n) is 6.54. The zero-order valence-electron chi connectivity index (χ0n) is 21.1. The molecule has 8 heteroatoms. The third-order valence-corrected chi connectivity index (χ3v) is 8.41. The average molecular weight is 482 g/mol. The zero-order chi connectivity index (χ0) is 25.0. The summed E-state index contributed by atoms with van der Waals surface area (Å²) in [4.78, 5) is 28.8. The van der Waals surface area contributed by atoms with Gasteiger partial charge >= 0.3 is 0 Å². The number of carbonyl (C=O) groups is 1. The molecule has 0 spiro atoms. The minimum absolute atomic E-state index is 0.0388. The summed E-state index contributed by atoms with van der Waals surface area (Å²) in [6.45, 7) is 13.8. The number of pyridine rings is 1. The SMILES string of the molecule is [C-]#[N+]C1=C[C@@]2(C)c3nc(-c4ccnc(N5CCCCC5)c4)n(-c4cnn(C)c4)c3CC[C@@H]2[C@@H](C)C1=O. The summed E-state index contributed by atoms with van der Waals surface area (Å²) in [6, 6.07) is 4.18. The number of aromatic nitrogens is 5. The molecule has 184 valence electrons. The van der Waals surface area contributed by atoms with Crippen molar-refractivity contribution in [3.8, 4) is 17.1 Å². The van der Waals surface area contributed by atoms with Crippen LogP contribution in [0, 0.1) is 18.4 Å². The van der Waals surface area contributed by atoms with Crippen molar-refractivity contribution in [1.82, 2.24) is 24.3 Å². The first-order valence-corrected chi connectivity index (χ1v) is 12.9. The summed E-state index contributed by atoms with van der Waals surface area (Å²) in [5, 5.41) is 4.44. The highest BCUT2D eigenvalue weighted by molar-refractivity contribution is 6.00. The first-order chi connectivity index (χ1) is 17.4. The van der Waals surface area contributed by atoms with E-state index in [1.165, 1.54) is 19.3 Å². The Balaban J connectivity index is 1.55. The Morgan fingerprint density at radius 1 is 1.22 bits per heavy atom. The molecule has 4 heterocycles. The molecule has 1 fully saturated rings. The van der Waals surface area contributed by atoms with E-state index in [9.17, 15) is 4.79 Å². The number of nitrogens with zero attached hydrogens (tertiary/aromatic N) is 7. The van der Waals surface area contributed by atoms with Gasteiger partial charge in [0, 0.05) is 55.1 Å². The molecule has 3 aromatic heterocycles. The number of anilines is 1. The van der Waals surface area contributed by atoms with Gasteiger partial charge in [0.05, 0.1) is 24.2 Å². The maximum atomic E-state index is 12.8. The van der Waals surface area contributed by atoms with Crippen LogP contribution in [0.5, 0.6) is 0 Å². The van der Waals surface area contributed by atoms with Crippen molar-refractivity contribution in [1.29, 1.82) is 0 Å². The van der Waals surface area contributed by atoms with Crippen LogP contribution in [0.2, 0.25) is 0 Å². The van der Waals surface area contributed by atoms with Gasteiger partial charge in [0.1, 0.15) is 11.6 Å². The Morgan fingerprint density at radius 2 is 2.03 bits per heavy atom. The third kappa shape index (κ3) is 3.41. The summed E-state index contributed by atoms with van der Waals surface area (Å²) in [5.41, 5.74) is 3.84. The molecule has 0 unspecified atom stereocenters. The second-order valence-corrected chi connectivity index (χ2v) is 10.6. The van der Waals surface area contributed by atoms with Crippen molar-refractivity contribution in [2.75, 3.05) is 18.0 Å². The van der Waals surface area contributed by atoms with E-state index in [0.717, 1.165) is 60.2 Å². The molecule has 0 radical (unpaired) electrons. The first kappa shape index (κ1) is 22.7. The normalized spacial score (nSPS) is 25.7. The monoisotopic (exact) mass is 481 g/mol. The number of carbonyl (C=O) groups excluding carboxylic acids is 1. The minimum Gasteiger partial charge on any atom is -0.357 e. The van der Waals surface area contributed by atoms with Crippen LogP contribution < -0.4 is 4.90 Å². The Morgan fingerprint density at radius 3 is 2.75 bits per heavy atom. The number of piperidine rings is 1. The fraction of sp³-hybridized carbons (Fsp3) is 0.464. The molecule has 2 aliphatic carbocycles. The van der Waals surface area contributed by atoms with Crippen LogP contribution in [-0.4, -0.2) is 43.2 Å². The molecular weight excluding hydrogens is 450 g/mol. The molecule has 3 aliphatic rings. The Bertz CT molecular complexity index is 1420. The van der Waals surface area contributed by atoms with Crippen molar-refractivity contribution >= 4 is 11.6 Å². The standard InChI is InChI=1S/C28H31N7O/c1-18-21-8-9-23-26(28(21,2)15-22(29-3)25(18)36)32-27(35(23)20-16-31-33(4)17-20)19-10-11-30-24(14-19)34-12-6-5-7-13-34/h10-11,14-18,21H,5-9,12-13H2,1-2,4H3/t18-,21-,28-/m1/s1. The molecule has 3 atom stereocenters. The van der Waals surface area contributed by atoms with Crippen LogP contribution in [0.25, 0.3) is 21.9 Å². The third-order valence-electron chi connectivity index (χ3n) is 8.41. The molecule has 8 nitrogen and oxygen atoms in total. The van der Waals surface area contributed by atoms with Gasteiger partial charge in [-0.2, -0.15) is 5.10 Å². The van der Waals surface area contributed by atoms with E-state index in [1.807, 2.05) is 49.4 Å². The van der Waals surface area contributed by atoms with Gasteiger partial charge in [0.2, 0.25) is 5.70 Å². The van der Waals surface area contributed by atoms with E-state index in [4.69, 9.17) is 11.6 Å². The summed E-state index contributed by atoms with van der Waals surface area (Å²) < 4.78 is 4.04. The lowest BCUT2D eigenvalue weighted by molar-refractivity contribution is -0.121. The molecule has 0 amide bonds. The van der Waals surface area contributed by atoms with Gasteiger partial charge in [0.25, 0.3) is 0 Å². The lowest BCUT2D eigenvalue weighted by Crippen LogP contribution is -2.45. The van der Waals surface area contributed by atoms with Crippen molar-refractivity contribution in [2.45, 2.75) is 51.4 Å². The van der Waals surface area contributed by atoms with Crippen molar-refractivity contribution in [2.24, 2.45) is 18.9 Å². The topological polar surface area (TPSA) is 73.2 Å². The summed E-state index contributed by atoms with van der Waals surface area (Å²) in [5.74, 6) is 1.73. The molecule has 0 N–H and O–H groups in total. The van der Waals surface area contributed by atoms with Crippen LogP contribution in [-0.2, 0) is 23.7 Å². The number of ketones is 1. The number of Topliss-reactive ketones (excluding diaryl/α,β-unsaturated/α-hetero) is 1. The highest BCUT2D eigenvalue weighted by Crippen LogP contribution is 2.51. The number of hydrogen-bond acceptors (Lipinski definition) is 5. The smallest absolute Gasteiger partial charge is 0.226 e. The molecule has 3 aromatic rings. The first-order valence-electron chi connectivity index (χ1n) is 12.9. The molecule has 0 bridgehead atoms. The highest BCUT2D eigenvalue weighted by Gasteiger charge is 2.50. The van der Waals surface area contributed by atoms with Crippen molar-refractivity contribution < 1.29 is 4.79 Å². The van der Waals surface area contributed by atoms with Gasteiger partial charge in [-0.1, -0.05) is 19.9 Å². The van der Waals surface area contributed by atoms with Crippen molar-refractivity contribution in [3.63, 3.8) is 0 Å². The van der Waals surface area contributed by atoms with Crippen LogP contribution in [0.3, 0.4) is 0 Å². The number of allylic oxidation sites excluding steroid dienone is 2. The summed E-state index contributed by atoms with van der Waals surface area (Å²) in [6.07, 6.45) is 13.0. The van der Waals surface area contributed by atoms with Gasteiger partial charge < -0.3 is 9.69 Å². The number of hydrogen-bond donors (Lipinski definition) is 0. The fourth-order valence-corrected chi connectivity index (χ4v) is 6.54. The number of aryl methyl sites for hydroxylation is 1. The Kier molecular flexibility index (Phi) is 5.32. The Labute approximate surface area is 211 Å². The largest absolute Gasteiger partial charge is 0.357 e. The van der Waals surface area contributed by atoms with Gasteiger partial charge in [0.15, 0.2) is 5.78 Å². The number of rotatable bonds is 3. The predicted octanol–water partition coefficient (Wildman–Crippen LogP) is 4.50. The zero-order valence-corrected chi connectivity index (χ0v) is 21.1. The van der Waals surface area contributed by atoms with E-state index < -0.39 is 5.41 Å². The average Bonchev–Trinajstić information content (AvgIpc) is 3.51. The maximum Gasteiger partial charge on any atom is 0.226 e. The van der Waals surface area contributed by atoms with E-state index in [2.05, 4.69) is 37.4 Å². The van der Waals surface area contributed by atoms with Crippen molar-refractivity contribution in [3.05, 3.63) is 65.3 Å². The van der Waals surface area contributed by atoms with E-state index >= 15 is 0 Å². The van der Waals surface area contributed by atoms with Gasteiger partial charge in [-0.05, 0) is 50.2 Å². The van der Waals surface area contributed by atoms with Crippen LogP contribution >= 0.6 is 0 Å². The lowest BCUT2D eigenvalue weighted by atomic mass is 9.59. The van der Waals surface area contributed by atoms with Gasteiger partial charge in [-0.25, -0.2) is 14.8 Å². The highest BCUT2D eigenvalue weighted by atomic mass is 16.1. The summed E-state index contributed by atoms with van der Waals surface area (Å²) >= 11 is 0. The van der Waals surface area contributed by atoms with E-state index in [1.54, 1.807) is 0 Å².